The van der Waals surface area contributed by atoms with Crippen molar-refractivity contribution in [1.29, 1.82) is 0 Å². The topological polar surface area (TPSA) is 64.3 Å². The summed E-state index contributed by atoms with van der Waals surface area (Å²) in [6.07, 6.45) is 2.48. The lowest BCUT2D eigenvalue weighted by Crippen LogP contribution is -2.48. The molecule has 3 N–H and O–H groups in total. The molecule has 0 saturated heterocycles. The first-order chi connectivity index (χ1) is 9.19. The second-order valence-electron chi connectivity index (χ2n) is 5.03. The SMILES string of the molecule is CCOC1CC(NC(=O)CC(N)c2ccccc2)C1. The van der Waals surface area contributed by atoms with Crippen LogP contribution in [0.25, 0.3) is 0 Å². The summed E-state index contributed by atoms with van der Waals surface area (Å²) in [6.45, 7) is 2.73. The van der Waals surface area contributed by atoms with Crippen molar-refractivity contribution in [3.05, 3.63) is 35.9 Å². The zero-order chi connectivity index (χ0) is 13.7. The Morgan fingerprint density at radius 3 is 2.74 bits per heavy atom. The number of carbonyl (C=O) groups is 1. The van der Waals surface area contributed by atoms with Gasteiger partial charge in [0.2, 0.25) is 5.91 Å². The molecule has 1 fully saturated rings. The Labute approximate surface area is 114 Å². The Morgan fingerprint density at radius 2 is 2.11 bits per heavy atom. The van der Waals surface area contributed by atoms with Gasteiger partial charge in [0, 0.05) is 25.1 Å². The van der Waals surface area contributed by atoms with Gasteiger partial charge in [-0.3, -0.25) is 4.79 Å². The van der Waals surface area contributed by atoms with E-state index in [4.69, 9.17) is 10.5 Å². The van der Waals surface area contributed by atoms with Crippen LogP contribution >= 0.6 is 0 Å². The fourth-order valence-electron chi connectivity index (χ4n) is 2.36. The first-order valence-electron chi connectivity index (χ1n) is 6.90. The molecule has 1 amide bonds. The summed E-state index contributed by atoms with van der Waals surface area (Å²) in [7, 11) is 0. The van der Waals surface area contributed by atoms with Gasteiger partial charge < -0.3 is 15.8 Å². The van der Waals surface area contributed by atoms with E-state index in [9.17, 15) is 4.79 Å². The van der Waals surface area contributed by atoms with Gasteiger partial charge in [-0.15, -0.1) is 0 Å². The van der Waals surface area contributed by atoms with Crippen molar-refractivity contribution in [2.75, 3.05) is 6.61 Å². The van der Waals surface area contributed by atoms with Crippen LogP contribution in [-0.2, 0) is 9.53 Å². The first kappa shape index (κ1) is 14.0. The van der Waals surface area contributed by atoms with E-state index in [-0.39, 0.29) is 18.0 Å². The summed E-state index contributed by atoms with van der Waals surface area (Å²) in [4.78, 5) is 11.9. The predicted octanol–water partition coefficient (Wildman–Crippen LogP) is 1.76. The second-order valence-corrected chi connectivity index (χ2v) is 5.03. The van der Waals surface area contributed by atoms with Crippen LogP contribution in [0.5, 0.6) is 0 Å². The monoisotopic (exact) mass is 262 g/mol. The van der Waals surface area contributed by atoms with Crippen molar-refractivity contribution >= 4 is 5.91 Å². The Balaban J connectivity index is 1.71. The molecule has 1 unspecified atom stereocenters. The molecule has 104 valence electrons. The summed E-state index contributed by atoms with van der Waals surface area (Å²) in [6, 6.07) is 9.74. The third-order valence-electron chi connectivity index (χ3n) is 3.50. The van der Waals surface area contributed by atoms with E-state index >= 15 is 0 Å². The molecule has 4 nitrogen and oxygen atoms in total. The Kier molecular flexibility index (Phi) is 4.93. The molecule has 0 radical (unpaired) electrons. The van der Waals surface area contributed by atoms with Gasteiger partial charge in [-0.05, 0) is 25.3 Å². The number of ether oxygens (including phenoxy) is 1. The van der Waals surface area contributed by atoms with Crippen LogP contribution in [-0.4, -0.2) is 24.7 Å². The minimum atomic E-state index is -0.232. The lowest BCUT2D eigenvalue weighted by molar-refractivity contribution is -0.124. The molecule has 0 bridgehead atoms. The Bertz CT molecular complexity index is 402. The van der Waals surface area contributed by atoms with Crippen molar-refractivity contribution in [1.82, 2.24) is 5.32 Å². The summed E-state index contributed by atoms with van der Waals surface area (Å²) in [5.74, 6) is 0.0244. The molecule has 1 atom stereocenters. The fourth-order valence-corrected chi connectivity index (χ4v) is 2.36. The van der Waals surface area contributed by atoms with Gasteiger partial charge in [0.25, 0.3) is 0 Å². The van der Waals surface area contributed by atoms with E-state index in [1.165, 1.54) is 0 Å². The number of amides is 1. The van der Waals surface area contributed by atoms with E-state index in [0.29, 0.717) is 12.5 Å². The first-order valence-corrected chi connectivity index (χ1v) is 6.90. The smallest absolute Gasteiger partial charge is 0.222 e. The highest BCUT2D eigenvalue weighted by molar-refractivity contribution is 5.77. The van der Waals surface area contributed by atoms with Crippen molar-refractivity contribution in [3.63, 3.8) is 0 Å². The number of nitrogens with two attached hydrogens (primary N) is 1. The summed E-state index contributed by atoms with van der Waals surface area (Å²) >= 11 is 0. The summed E-state index contributed by atoms with van der Waals surface area (Å²) in [5.41, 5.74) is 7.02. The average Bonchev–Trinajstić information content (AvgIpc) is 2.37. The standard InChI is InChI=1S/C15H22N2O2/c1-2-19-13-8-12(9-13)17-15(18)10-14(16)11-6-4-3-5-7-11/h3-7,12-14H,2,8-10,16H2,1H3,(H,17,18). The predicted molar refractivity (Wildman–Crippen MR) is 74.6 cm³/mol. The Morgan fingerprint density at radius 1 is 1.42 bits per heavy atom. The molecule has 2 rings (SSSR count). The molecular weight excluding hydrogens is 240 g/mol. The third kappa shape index (κ3) is 4.04. The number of hydrogen-bond donors (Lipinski definition) is 2. The zero-order valence-electron chi connectivity index (χ0n) is 11.3. The molecule has 0 spiro atoms. The quantitative estimate of drug-likeness (QED) is 0.821. The molecule has 0 aromatic heterocycles. The van der Waals surface area contributed by atoms with Gasteiger partial charge in [-0.25, -0.2) is 0 Å². The zero-order valence-corrected chi connectivity index (χ0v) is 11.3. The summed E-state index contributed by atoms with van der Waals surface area (Å²) in [5, 5.41) is 3.01. The van der Waals surface area contributed by atoms with Gasteiger partial charge in [-0.1, -0.05) is 30.3 Å². The third-order valence-corrected chi connectivity index (χ3v) is 3.50. The van der Waals surface area contributed by atoms with Gasteiger partial charge in [0.15, 0.2) is 0 Å². The van der Waals surface area contributed by atoms with Crippen LogP contribution in [0, 0.1) is 0 Å². The van der Waals surface area contributed by atoms with Gasteiger partial charge in [-0.2, -0.15) is 0 Å². The molecular formula is C15H22N2O2. The second kappa shape index (κ2) is 6.68. The maximum absolute atomic E-state index is 11.9. The lowest BCUT2D eigenvalue weighted by atomic mass is 9.89. The van der Waals surface area contributed by atoms with E-state index in [1.54, 1.807) is 0 Å². The molecule has 1 aromatic carbocycles. The van der Waals surface area contributed by atoms with Crippen LogP contribution in [0.15, 0.2) is 30.3 Å². The number of nitrogens with one attached hydrogen (secondary N) is 1. The molecule has 1 aromatic rings. The molecule has 0 aliphatic heterocycles. The van der Waals surface area contributed by atoms with Crippen LogP contribution in [0.1, 0.15) is 37.8 Å². The van der Waals surface area contributed by atoms with Crippen molar-refractivity contribution in [2.45, 2.75) is 44.4 Å². The minimum Gasteiger partial charge on any atom is -0.378 e. The largest absolute Gasteiger partial charge is 0.378 e. The molecule has 1 aliphatic rings. The molecule has 1 saturated carbocycles. The molecule has 4 heteroatoms. The van der Waals surface area contributed by atoms with Crippen molar-refractivity contribution < 1.29 is 9.53 Å². The maximum atomic E-state index is 11.9. The van der Waals surface area contributed by atoms with E-state index in [1.807, 2.05) is 37.3 Å². The normalized spacial score (nSPS) is 23.5. The number of rotatable bonds is 6. The maximum Gasteiger partial charge on any atom is 0.222 e. The highest BCUT2D eigenvalue weighted by Crippen LogP contribution is 2.23. The average molecular weight is 262 g/mol. The fraction of sp³-hybridized carbons (Fsp3) is 0.533. The molecule has 19 heavy (non-hydrogen) atoms. The highest BCUT2D eigenvalue weighted by atomic mass is 16.5. The number of benzene rings is 1. The van der Waals surface area contributed by atoms with Gasteiger partial charge in [0.05, 0.1) is 6.10 Å². The van der Waals surface area contributed by atoms with Crippen LogP contribution in [0.2, 0.25) is 0 Å². The molecule has 0 heterocycles. The Hall–Kier alpha value is -1.39. The molecule has 1 aliphatic carbocycles. The number of hydrogen-bond acceptors (Lipinski definition) is 3. The highest BCUT2D eigenvalue weighted by Gasteiger charge is 2.30. The summed E-state index contributed by atoms with van der Waals surface area (Å²) < 4.78 is 5.46. The number of carbonyl (C=O) groups excluding carboxylic acids is 1. The van der Waals surface area contributed by atoms with E-state index < -0.39 is 0 Å². The van der Waals surface area contributed by atoms with Gasteiger partial charge in [0.1, 0.15) is 0 Å². The van der Waals surface area contributed by atoms with Gasteiger partial charge >= 0.3 is 0 Å². The van der Waals surface area contributed by atoms with Crippen LogP contribution in [0.4, 0.5) is 0 Å². The lowest BCUT2D eigenvalue weighted by Gasteiger charge is -2.35. The van der Waals surface area contributed by atoms with E-state index in [0.717, 1.165) is 25.0 Å². The minimum absolute atomic E-state index is 0.0244. The van der Waals surface area contributed by atoms with Crippen LogP contribution < -0.4 is 11.1 Å². The van der Waals surface area contributed by atoms with Crippen molar-refractivity contribution in [2.24, 2.45) is 5.73 Å². The van der Waals surface area contributed by atoms with Crippen molar-refractivity contribution in [3.8, 4) is 0 Å². The van der Waals surface area contributed by atoms with E-state index in [2.05, 4.69) is 5.32 Å². The van der Waals surface area contributed by atoms with Crippen LogP contribution in [0.3, 0.4) is 0 Å².